The molecule has 2 aliphatic rings. The van der Waals surface area contributed by atoms with Gasteiger partial charge in [-0.05, 0) is 52.7 Å². The highest BCUT2D eigenvalue weighted by Crippen LogP contribution is 2.57. The average molecular weight is 552 g/mol. The van der Waals surface area contributed by atoms with E-state index in [1.807, 2.05) is 100 Å². The van der Waals surface area contributed by atoms with Crippen molar-refractivity contribution in [3.8, 4) is 22.5 Å². The van der Waals surface area contributed by atoms with Crippen LogP contribution in [0.4, 0.5) is 17.1 Å². The van der Waals surface area contributed by atoms with E-state index in [0.717, 1.165) is 72.1 Å². The Morgan fingerprint density at radius 3 is 1.28 bits per heavy atom. The molecule has 0 unspecified atom stereocenters. The maximum Gasteiger partial charge on any atom is 0.263 e. The molecule has 43 heavy (non-hydrogen) atoms. The van der Waals surface area contributed by atoms with Crippen molar-refractivity contribution in [1.29, 1.82) is 0 Å². The van der Waals surface area contributed by atoms with Gasteiger partial charge in [0.15, 0.2) is 0 Å². The van der Waals surface area contributed by atoms with Gasteiger partial charge in [0.1, 0.15) is 0 Å². The van der Waals surface area contributed by atoms with Crippen molar-refractivity contribution >= 4 is 60.4 Å². The van der Waals surface area contributed by atoms with Crippen LogP contribution in [0.5, 0.6) is 0 Å². The standard InChI is InChI=1S/C38H21N3O2/c42-37-25-16-6-4-14-23(25)32-31(22-12-2-1-3-13-22)33-24-15-5-7-17-26(24)38(43)41-30-21-11-9-19-28(30)39-27-18-8-10-20-29(27)40(37)34(32)36(39)35(33)41/h1-21H. The first-order chi connectivity index (χ1) is 21.2. The van der Waals surface area contributed by atoms with Crippen LogP contribution in [0.1, 0.15) is 0 Å². The zero-order valence-corrected chi connectivity index (χ0v) is 22.8. The molecule has 0 aliphatic carbocycles. The van der Waals surface area contributed by atoms with Crippen LogP contribution in [0.25, 0.3) is 65.9 Å². The lowest BCUT2D eigenvalue weighted by molar-refractivity contribution is 0.986. The molecule has 0 saturated heterocycles. The Hall–Kier alpha value is -5.94. The molecule has 2 aromatic heterocycles. The summed E-state index contributed by atoms with van der Waals surface area (Å²) in [6.07, 6.45) is 0. The van der Waals surface area contributed by atoms with Gasteiger partial charge in [-0.2, -0.15) is 0 Å². The van der Waals surface area contributed by atoms with Crippen molar-refractivity contribution in [2.75, 3.05) is 4.90 Å². The molecule has 0 fully saturated rings. The minimum Gasteiger partial charge on any atom is -0.302 e. The Labute approximate surface area is 244 Å². The predicted molar refractivity (Wildman–Crippen MR) is 175 cm³/mol. The number of hydrogen-bond donors (Lipinski definition) is 0. The lowest BCUT2D eigenvalue weighted by Crippen LogP contribution is -2.32. The van der Waals surface area contributed by atoms with Crippen molar-refractivity contribution < 1.29 is 0 Å². The fourth-order valence-corrected chi connectivity index (χ4v) is 7.51. The fraction of sp³-hybridized carbons (Fsp3) is 0. The van der Waals surface area contributed by atoms with E-state index in [9.17, 15) is 9.59 Å². The van der Waals surface area contributed by atoms with Gasteiger partial charge in [0.05, 0.1) is 39.5 Å². The third kappa shape index (κ3) is 2.63. The highest BCUT2D eigenvalue weighted by atomic mass is 16.1. The lowest BCUT2D eigenvalue weighted by Gasteiger charge is -2.40. The van der Waals surface area contributed by atoms with Gasteiger partial charge in [0.25, 0.3) is 11.1 Å². The van der Waals surface area contributed by atoms with Crippen LogP contribution < -0.4 is 16.0 Å². The maximum absolute atomic E-state index is 14.5. The Kier molecular flexibility index (Phi) is 4.16. The number of hydrogen-bond acceptors (Lipinski definition) is 3. The SMILES string of the molecule is O=c1c2ccccc2c2c(-c3ccccc3)c3c4ccccc4c(=O)n4c3c3c2n1-c1ccccc1N3c1ccccc1-4. The van der Waals surface area contributed by atoms with Gasteiger partial charge in [-0.25, -0.2) is 0 Å². The number of anilines is 3. The van der Waals surface area contributed by atoms with Gasteiger partial charge in [0, 0.05) is 27.1 Å². The predicted octanol–water partition coefficient (Wildman–Crippen LogP) is 8.36. The fourth-order valence-electron chi connectivity index (χ4n) is 7.51. The topological polar surface area (TPSA) is 47.2 Å². The number of fused-ring (bicyclic) bond motifs is 10. The van der Waals surface area contributed by atoms with Gasteiger partial charge < -0.3 is 4.90 Å². The van der Waals surface area contributed by atoms with E-state index in [-0.39, 0.29) is 11.1 Å². The first-order valence-corrected chi connectivity index (χ1v) is 14.4. The summed E-state index contributed by atoms with van der Waals surface area (Å²) in [7, 11) is 0. The van der Waals surface area contributed by atoms with Gasteiger partial charge in [-0.15, -0.1) is 0 Å². The smallest absolute Gasteiger partial charge is 0.263 e. The second kappa shape index (κ2) is 7.87. The Morgan fingerprint density at radius 1 is 0.395 bits per heavy atom. The Balaban J connectivity index is 1.67. The first kappa shape index (κ1) is 22.7. The molecule has 6 aromatic carbocycles. The van der Waals surface area contributed by atoms with Crippen LogP contribution >= 0.6 is 0 Å². The summed E-state index contributed by atoms with van der Waals surface area (Å²) in [6.45, 7) is 0. The van der Waals surface area contributed by atoms with Crippen LogP contribution in [-0.4, -0.2) is 9.13 Å². The molecule has 0 radical (unpaired) electrons. The van der Waals surface area contributed by atoms with Gasteiger partial charge >= 0.3 is 0 Å². The summed E-state index contributed by atoms with van der Waals surface area (Å²) in [5.41, 5.74) is 7.83. The van der Waals surface area contributed by atoms with Crippen molar-refractivity contribution in [2.45, 2.75) is 0 Å². The molecule has 0 spiro atoms. The Morgan fingerprint density at radius 2 is 0.791 bits per heavy atom. The molecule has 200 valence electrons. The number of nitrogens with zero attached hydrogens (tertiary/aromatic N) is 3. The number of aromatic nitrogens is 2. The van der Waals surface area contributed by atoms with E-state index >= 15 is 0 Å². The Bertz CT molecular complexity index is 2510. The molecule has 0 N–H and O–H groups in total. The summed E-state index contributed by atoms with van der Waals surface area (Å²) in [5, 5.41) is 5.12. The minimum absolute atomic E-state index is 0.0710. The van der Waals surface area contributed by atoms with Gasteiger partial charge in [-0.3, -0.25) is 18.7 Å². The van der Waals surface area contributed by atoms with E-state index in [1.165, 1.54) is 0 Å². The lowest BCUT2D eigenvalue weighted by atomic mass is 9.87. The summed E-state index contributed by atoms with van der Waals surface area (Å²) >= 11 is 0. The quantitative estimate of drug-likeness (QED) is 0.152. The number of benzene rings is 6. The third-order valence-electron chi connectivity index (χ3n) is 9.14. The molecule has 0 atom stereocenters. The summed E-state index contributed by atoms with van der Waals surface area (Å²) in [5.74, 6) is 0. The van der Waals surface area contributed by atoms with Crippen molar-refractivity contribution in [2.24, 2.45) is 0 Å². The van der Waals surface area contributed by atoms with Crippen LogP contribution in [-0.2, 0) is 0 Å². The average Bonchev–Trinajstić information content (AvgIpc) is 3.07. The van der Waals surface area contributed by atoms with Crippen LogP contribution in [0.15, 0.2) is 137 Å². The molecule has 5 nitrogen and oxygen atoms in total. The molecule has 10 rings (SSSR count). The van der Waals surface area contributed by atoms with E-state index < -0.39 is 0 Å². The highest BCUT2D eigenvalue weighted by molar-refractivity contribution is 6.33. The molecule has 0 bridgehead atoms. The maximum atomic E-state index is 14.5. The largest absolute Gasteiger partial charge is 0.302 e. The van der Waals surface area contributed by atoms with Crippen molar-refractivity contribution in [3.05, 3.63) is 148 Å². The number of para-hydroxylation sites is 4. The molecule has 0 amide bonds. The van der Waals surface area contributed by atoms with Gasteiger partial charge in [-0.1, -0.05) is 91.0 Å². The molecule has 5 heteroatoms. The van der Waals surface area contributed by atoms with Crippen LogP contribution in [0.3, 0.4) is 0 Å². The second-order valence-corrected chi connectivity index (χ2v) is 11.2. The van der Waals surface area contributed by atoms with E-state index in [0.29, 0.717) is 10.8 Å². The van der Waals surface area contributed by atoms with Crippen LogP contribution in [0.2, 0.25) is 0 Å². The van der Waals surface area contributed by atoms with E-state index in [1.54, 1.807) is 0 Å². The monoisotopic (exact) mass is 551 g/mol. The zero-order chi connectivity index (χ0) is 28.4. The summed E-state index contributed by atoms with van der Waals surface area (Å²) in [4.78, 5) is 31.3. The third-order valence-corrected chi connectivity index (χ3v) is 9.14. The molecular weight excluding hydrogens is 530 g/mol. The van der Waals surface area contributed by atoms with Crippen LogP contribution in [0, 0.1) is 0 Å². The van der Waals surface area contributed by atoms with E-state index in [4.69, 9.17) is 0 Å². The van der Waals surface area contributed by atoms with Crippen molar-refractivity contribution in [1.82, 2.24) is 9.13 Å². The van der Waals surface area contributed by atoms with Gasteiger partial charge in [0.2, 0.25) is 0 Å². The summed E-state index contributed by atoms with van der Waals surface area (Å²) < 4.78 is 3.76. The molecular formula is C38H21N3O2. The highest BCUT2D eigenvalue weighted by Gasteiger charge is 2.38. The van der Waals surface area contributed by atoms with Crippen molar-refractivity contribution in [3.63, 3.8) is 0 Å². The van der Waals surface area contributed by atoms with E-state index in [2.05, 4.69) is 41.3 Å². The first-order valence-electron chi connectivity index (χ1n) is 14.4. The minimum atomic E-state index is -0.0710. The zero-order valence-electron chi connectivity index (χ0n) is 22.8. The number of pyridine rings is 2. The molecule has 4 heterocycles. The normalized spacial score (nSPS) is 12.8. The molecule has 2 aliphatic heterocycles. The molecule has 0 saturated carbocycles. The number of rotatable bonds is 1. The summed E-state index contributed by atoms with van der Waals surface area (Å²) in [6, 6.07) is 42.3. The second-order valence-electron chi connectivity index (χ2n) is 11.2. The molecule has 8 aromatic rings.